The number of benzene rings is 2. The molecule has 2 aromatic rings. The Hall–Kier alpha value is -3.42. The van der Waals surface area contributed by atoms with Crippen molar-refractivity contribution in [3.63, 3.8) is 0 Å². The topological polar surface area (TPSA) is 128 Å². The Bertz CT molecular complexity index is 858. The van der Waals surface area contributed by atoms with Gasteiger partial charge in [0.25, 0.3) is 11.8 Å². The lowest BCUT2D eigenvalue weighted by atomic mass is 10.0. The van der Waals surface area contributed by atoms with Gasteiger partial charge in [-0.1, -0.05) is 32.0 Å². The Morgan fingerprint density at radius 3 is 2.17 bits per heavy atom. The summed E-state index contributed by atoms with van der Waals surface area (Å²) >= 11 is 0. The average molecular weight is 402 g/mol. The summed E-state index contributed by atoms with van der Waals surface area (Å²) in [6, 6.07) is 9.61. The van der Waals surface area contributed by atoms with Gasteiger partial charge < -0.3 is 30.7 Å². The Labute approximate surface area is 169 Å². The van der Waals surface area contributed by atoms with Crippen LogP contribution in [0.3, 0.4) is 0 Å². The van der Waals surface area contributed by atoms with Crippen molar-refractivity contribution < 1.29 is 29.6 Å². The standard InChI is InChI=1S/C21H26N2O6/c1-12(2)15-6-4-5-7-18(15)29-13(3)20(27)22-8-9-23-21(28)14-10-16(24)19(26)17(25)11-14/h4-7,10-13,24-26H,8-9H2,1-3H3,(H,22,27)(H,23,28). The molecule has 0 saturated heterocycles. The quantitative estimate of drug-likeness (QED) is 0.340. The van der Waals surface area contributed by atoms with Gasteiger partial charge in [-0.15, -0.1) is 0 Å². The van der Waals surface area contributed by atoms with E-state index in [0.29, 0.717) is 5.75 Å². The van der Waals surface area contributed by atoms with Gasteiger partial charge >= 0.3 is 0 Å². The molecule has 0 heterocycles. The van der Waals surface area contributed by atoms with E-state index in [4.69, 9.17) is 4.74 Å². The first-order valence-corrected chi connectivity index (χ1v) is 9.27. The summed E-state index contributed by atoms with van der Waals surface area (Å²) in [5.41, 5.74) is 0.992. The molecule has 0 bridgehead atoms. The van der Waals surface area contributed by atoms with E-state index in [2.05, 4.69) is 10.6 Å². The third kappa shape index (κ3) is 5.78. The third-order valence-electron chi connectivity index (χ3n) is 4.26. The molecule has 0 aromatic heterocycles. The number of ether oxygens (including phenoxy) is 1. The van der Waals surface area contributed by atoms with Crippen molar-refractivity contribution >= 4 is 11.8 Å². The fourth-order valence-electron chi connectivity index (χ4n) is 2.65. The number of phenols is 3. The predicted molar refractivity (Wildman–Crippen MR) is 107 cm³/mol. The number of aromatic hydroxyl groups is 3. The highest BCUT2D eigenvalue weighted by molar-refractivity contribution is 5.95. The molecule has 8 nitrogen and oxygen atoms in total. The van der Waals surface area contributed by atoms with Crippen molar-refractivity contribution in [2.45, 2.75) is 32.8 Å². The van der Waals surface area contributed by atoms with E-state index in [1.165, 1.54) is 0 Å². The zero-order valence-electron chi connectivity index (χ0n) is 16.6. The Kier molecular flexibility index (Phi) is 7.30. The van der Waals surface area contributed by atoms with Crippen molar-refractivity contribution in [1.82, 2.24) is 10.6 Å². The normalized spacial score (nSPS) is 11.7. The van der Waals surface area contributed by atoms with Crippen LogP contribution in [0.1, 0.15) is 42.6 Å². The van der Waals surface area contributed by atoms with E-state index < -0.39 is 29.3 Å². The number of carbonyl (C=O) groups is 2. The molecule has 1 unspecified atom stereocenters. The van der Waals surface area contributed by atoms with E-state index in [1.54, 1.807) is 6.92 Å². The van der Waals surface area contributed by atoms with Crippen LogP contribution >= 0.6 is 0 Å². The van der Waals surface area contributed by atoms with Gasteiger partial charge in [-0.2, -0.15) is 0 Å². The summed E-state index contributed by atoms with van der Waals surface area (Å²) in [6.07, 6.45) is -0.711. The molecule has 2 amide bonds. The van der Waals surface area contributed by atoms with Gasteiger partial charge in [-0.05, 0) is 36.6 Å². The Balaban J connectivity index is 1.82. The molecular weight excluding hydrogens is 376 g/mol. The lowest BCUT2D eigenvalue weighted by molar-refractivity contribution is -0.127. The van der Waals surface area contributed by atoms with Crippen molar-refractivity contribution in [1.29, 1.82) is 0 Å². The van der Waals surface area contributed by atoms with Crippen molar-refractivity contribution in [2.24, 2.45) is 0 Å². The molecule has 156 valence electrons. The number of hydrogen-bond donors (Lipinski definition) is 5. The van der Waals surface area contributed by atoms with E-state index in [-0.39, 0.29) is 30.5 Å². The van der Waals surface area contributed by atoms with Crippen molar-refractivity contribution in [2.75, 3.05) is 13.1 Å². The molecule has 2 rings (SSSR count). The first kappa shape index (κ1) is 21.9. The molecule has 0 aliphatic rings. The number of para-hydroxylation sites is 1. The van der Waals surface area contributed by atoms with Crippen LogP contribution in [0, 0.1) is 0 Å². The van der Waals surface area contributed by atoms with Crippen LogP contribution in [0.25, 0.3) is 0 Å². The minimum atomic E-state index is -0.711. The van der Waals surface area contributed by atoms with Crippen LogP contribution in [-0.2, 0) is 4.79 Å². The zero-order valence-corrected chi connectivity index (χ0v) is 16.6. The first-order chi connectivity index (χ1) is 13.7. The SMILES string of the molecule is CC(Oc1ccccc1C(C)C)C(=O)NCCNC(=O)c1cc(O)c(O)c(O)c1. The van der Waals surface area contributed by atoms with Crippen LogP contribution in [-0.4, -0.2) is 46.3 Å². The second-order valence-electron chi connectivity index (χ2n) is 6.86. The predicted octanol–water partition coefficient (Wildman–Crippen LogP) is 2.24. The molecule has 0 radical (unpaired) electrons. The van der Waals surface area contributed by atoms with Crippen LogP contribution in [0.5, 0.6) is 23.0 Å². The molecule has 8 heteroatoms. The fraction of sp³-hybridized carbons (Fsp3) is 0.333. The van der Waals surface area contributed by atoms with Gasteiger partial charge in [-0.3, -0.25) is 9.59 Å². The molecule has 0 fully saturated rings. The van der Waals surface area contributed by atoms with Crippen LogP contribution in [0.15, 0.2) is 36.4 Å². The smallest absolute Gasteiger partial charge is 0.260 e. The van der Waals surface area contributed by atoms with Gasteiger partial charge in [0.05, 0.1) is 0 Å². The van der Waals surface area contributed by atoms with Crippen LogP contribution < -0.4 is 15.4 Å². The fourth-order valence-corrected chi connectivity index (χ4v) is 2.65. The number of amides is 2. The van der Waals surface area contributed by atoms with Gasteiger partial charge in [0, 0.05) is 18.7 Å². The summed E-state index contributed by atoms with van der Waals surface area (Å²) in [4.78, 5) is 24.3. The monoisotopic (exact) mass is 402 g/mol. The zero-order chi connectivity index (χ0) is 21.6. The number of nitrogens with one attached hydrogen (secondary N) is 2. The highest BCUT2D eigenvalue weighted by atomic mass is 16.5. The van der Waals surface area contributed by atoms with Gasteiger partial charge in [0.2, 0.25) is 0 Å². The molecule has 0 aliphatic carbocycles. The summed E-state index contributed by atoms with van der Waals surface area (Å²) < 4.78 is 5.77. The maximum absolute atomic E-state index is 12.2. The first-order valence-electron chi connectivity index (χ1n) is 9.27. The summed E-state index contributed by atoms with van der Waals surface area (Å²) in [7, 11) is 0. The molecule has 2 aromatic carbocycles. The minimum absolute atomic E-state index is 0.0221. The van der Waals surface area contributed by atoms with E-state index in [0.717, 1.165) is 17.7 Å². The number of hydrogen-bond acceptors (Lipinski definition) is 6. The van der Waals surface area contributed by atoms with Crippen molar-refractivity contribution in [3.05, 3.63) is 47.5 Å². The molecule has 5 N–H and O–H groups in total. The second kappa shape index (κ2) is 9.68. The number of carbonyl (C=O) groups excluding carboxylic acids is 2. The van der Waals surface area contributed by atoms with Gasteiger partial charge in [-0.25, -0.2) is 0 Å². The Morgan fingerprint density at radius 1 is 0.966 bits per heavy atom. The number of phenolic OH excluding ortho intramolecular Hbond substituents is 3. The summed E-state index contributed by atoms with van der Waals surface area (Å²) in [5.74, 6) is -1.87. The maximum atomic E-state index is 12.2. The molecular formula is C21H26N2O6. The van der Waals surface area contributed by atoms with E-state index >= 15 is 0 Å². The van der Waals surface area contributed by atoms with E-state index in [9.17, 15) is 24.9 Å². The molecule has 0 aliphatic heterocycles. The molecule has 1 atom stereocenters. The molecule has 0 saturated carbocycles. The summed E-state index contributed by atoms with van der Waals surface area (Å²) in [5, 5.41) is 33.4. The minimum Gasteiger partial charge on any atom is -0.504 e. The van der Waals surface area contributed by atoms with Crippen LogP contribution in [0.4, 0.5) is 0 Å². The number of rotatable bonds is 8. The van der Waals surface area contributed by atoms with E-state index in [1.807, 2.05) is 38.1 Å². The average Bonchev–Trinajstić information content (AvgIpc) is 2.68. The Morgan fingerprint density at radius 2 is 1.55 bits per heavy atom. The van der Waals surface area contributed by atoms with Crippen molar-refractivity contribution in [3.8, 4) is 23.0 Å². The maximum Gasteiger partial charge on any atom is 0.260 e. The molecule has 29 heavy (non-hydrogen) atoms. The highest BCUT2D eigenvalue weighted by Gasteiger charge is 2.17. The van der Waals surface area contributed by atoms with Crippen LogP contribution in [0.2, 0.25) is 0 Å². The largest absolute Gasteiger partial charge is 0.504 e. The third-order valence-corrected chi connectivity index (χ3v) is 4.26. The second-order valence-corrected chi connectivity index (χ2v) is 6.86. The molecule has 0 spiro atoms. The summed E-state index contributed by atoms with van der Waals surface area (Å²) in [6.45, 7) is 6.03. The lowest BCUT2D eigenvalue weighted by Gasteiger charge is -2.18. The van der Waals surface area contributed by atoms with Gasteiger partial charge in [0.15, 0.2) is 23.4 Å². The van der Waals surface area contributed by atoms with Gasteiger partial charge in [0.1, 0.15) is 5.75 Å². The lowest BCUT2D eigenvalue weighted by Crippen LogP contribution is -2.40. The highest BCUT2D eigenvalue weighted by Crippen LogP contribution is 2.35.